The van der Waals surface area contributed by atoms with Crippen LogP contribution >= 0.6 is 0 Å². The number of cyclic esters (lactones) is 2. The Morgan fingerprint density at radius 2 is 1.43 bits per heavy atom. The molecule has 0 bridgehead atoms. The molecule has 5 nitrogen and oxygen atoms in total. The van der Waals surface area contributed by atoms with Crippen LogP contribution in [-0.2, 0) is 4.74 Å². The van der Waals surface area contributed by atoms with Crippen molar-refractivity contribution in [2.45, 2.75) is 13.8 Å². The van der Waals surface area contributed by atoms with E-state index in [-0.39, 0.29) is 5.56 Å². The standard InChI is InChI=1S/C23H16N2O3/c1-13-12-14(2)25(24-13)21-17-11-7-6-10-16(17)18(15-8-4-3-5-9-15)19-20(21)23(27)28-22(19)26/h3-12H,1-2H3. The third kappa shape index (κ3) is 2.23. The molecule has 0 unspecified atom stereocenters. The lowest BCUT2D eigenvalue weighted by Gasteiger charge is -2.16. The Bertz CT molecular complexity index is 1290. The van der Waals surface area contributed by atoms with Gasteiger partial charge in [-0.15, -0.1) is 0 Å². The molecule has 0 spiro atoms. The van der Waals surface area contributed by atoms with Crippen molar-refractivity contribution in [2.75, 3.05) is 0 Å². The number of ether oxygens (including phenoxy) is 1. The number of aryl methyl sites for hydroxylation is 2. The number of aromatic nitrogens is 2. The number of nitrogens with zero attached hydrogens (tertiary/aromatic N) is 2. The summed E-state index contributed by atoms with van der Waals surface area (Å²) in [6.45, 7) is 3.82. The second kappa shape index (κ2) is 5.89. The number of carbonyl (C=O) groups excluding carboxylic acids is 2. The average Bonchev–Trinajstić information content (AvgIpc) is 3.18. The van der Waals surface area contributed by atoms with Crippen molar-refractivity contribution in [3.05, 3.63) is 83.2 Å². The van der Waals surface area contributed by atoms with Gasteiger partial charge in [-0.1, -0.05) is 54.6 Å². The largest absolute Gasteiger partial charge is 0.386 e. The number of hydrogen-bond donors (Lipinski definition) is 0. The summed E-state index contributed by atoms with van der Waals surface area (Å²) in [5.74, 6) is -1.25. The molecule has 0 atom stereocenters. The smallest absolute Gasteiger partial charge is 0.349 e. The van der Waals surface area contributed by atoms with Crippen LogP contribution in [0.3, 0.4) is 0 Å². The highest BCUT2D eigenvalue weighted by Crippen LogP contribution is 2.42. The van der Waals surface area contributed by atoms with Crippen LogP contribution in [-0.4, -0.2) is 21.7 Å². The van der Waals surface area contributed by atoms with E-state index in [1.54, 1.807) is 4.68 Å². The molecule has 0 N–H and O–H groups in total. The number of carbonyl (C=O) groups is 2. The molecule has 5 rings (SSSR count). The van der Waals surface area contributed by atoms with Crippen LogP contribution in [0.1, 0.15) is 32.1 Å². The third-order valence-corrected chi connectivity index (χ3v) is 5.07. The fraction of sp³-hybridized carbons (Fsp3) is 0.0870. The van der Waals surface area contributed by atoms with Gasteiger partial charge in [0.2, 0.25) is 0 Å². The number of hydrogen-bond acceptors (Lipinski definition) is 4. The molecule has 1 aliphatic rings. The summed E-state index contributed by atoms with van der Waals surface area (Å²) in [5, 5.41) is 6.29. The average molecular weight is 368 g/mol. The molecule has 0 saturated carbocycles. The van der Waals surface area contributed by atoms with Crippen molar-refractivity contribution in [1.29, 1.82) is 0 Å². The SMILES string of the molecule is Cc1cc(C)n(-c2c3c(c(-c4ccccc4)c4ccccc24)C(=O)OC3=O)n1. The summed E-state index contributed by atoms with van der Waals surface area (Å²) < 4.78 is 6.78. The topological polar surface area (TPSA) is 61.2 Å². The van der Waals surface area contributed by atoms with Crippen LogP contribution in [0.2, 0.25) is 0 Å². The van der Waals surface area contributed by atoms with E-state index in [4.69, 9.17) is 4.74 Å². The highest BCUT2D eigenvalue weighted by atomic mass is 16.6. The zero-order chi connectivity index (χ0) is 19.4. The summed E-state index contributed by atoms with van der Waals surface area (Å²) in [6, 6.07) is 19.3. The molecule has 2 heterocycles. The van der Waals surface area contributed by atoms with E-state index in [0.717, 1.165) is 27.7 Å². The molecule has 0 aliphatic carbocycles. The van der Waals surface area contributed by atoms with E-state index in [2.05, 4.69) is 5.10 Å². The molecule has 0 saturated heterocycles. The number of fused-ring (bicyclic) bond motifs is 2. The Labute approximate surface area is 161 Å². The van der Waals surface area contributed by atoms with E-state index in [9.17, 15) is 9.59 Å². The van der Waals surface area contributed by atoms with E-state index in [0.29, 0.717) is 16.8 Å². The summed E-state index contributed by atoms with van der Waals surface area (Å²) >= 11 is 0. The predicted molar refractivity (Wildman–Crippen MR) is 106 cm³/mol. The lowest BCUT2D eigenvalue weighted by atomic mass is 9.89. The molecule has 1 aromatic heterocycles. The van der Waals surface area contributed by atoms with Crippen LogP contribution in [0, 0.1) is 13.8 Å². The van der Waals surface area contributed by atoms with Crippen LogP contribution in [0.5, 0.6) is 0 Å². The van der Waals surface area contributed by atoms with Gasteiger partial charge in [0.1, 0.15) is 5.56 Å². The molecule has 0 amide bonds. The maximum atomic E-state index is 12.7. The van der Waals surface area contributed by atoms with E-state index >= 15 is 0 Å². The summed E-state index contributed by atoms with van der Waals surface area (Å²) in [5.41, 5.74) is 4.46. The van der Waals surface area contributed by atoms with Gasteiger partial charge in [-0.2, -0.15) is 5.10 Å². The molecule has 5 heteroatoms. The van der Waals surface area contributed by atoms with Gasteiger partial charge in [0.15, 0.2) is 0 Å². The van der Waals surface area contributed by atoms with Crippen molar-refractivity contribution < 1.29 is 14.3 Å². The van der Waals surface area contributed by atoms with Gasteiger partial charge in [0.05, 0.1) is 16.9 Å². The number of benzene rings is 3. The minimum Gasteiger partial charge on any atom is -0.386 e. The zero-order valence-electron chi connectivity index (χ0n) is 15.4. The summed E-state index contributed by atoms with van der Waals surface area (Å²) in [4.78, 5) is 25.4. The zero-order valence-corrected chi connectivity index (χ0v) is 15.4. The van der Waals surface area contributed by atoms with Crippen molar-refractivity contribution in [3.63, 3.8) is 0 Å². The molecule has 136 valence electrons. The van der Waals surface area contributed by atoms with Gasteiger partial charge >= 0.3 is 11.9 Å². The van der Waals surface area contributed by atoms with Gasteiger partial charge in [-0.3, -0.25) is 0 Å². The first kappa shape index (κ1) is 16.4. The van der Waals surface area contributed by atoms with E-state index in [1.807, 2.05) is 74.5 Å². The lowest BCUT2D eigenvalue weighted by molar-refractivity contribution is 0.0444. The molecule has 1 aliphatic heterocycles. The maximum absolute atomic E-state index is 12.7. The van der Waals surface area contributed by atoms with Crippen molar-refractivity contribution >= 4 is 22.7 Å². The molecular weight excluding hydrogens is 352 g/mol. The number of esters is 2. The molecule has 4 aromatic rings. The normalized spacial score (nSPS) is 13.1. The Hall–Kier alpha value is -3.73. The Balaban J connectivity index is 2.02. The first-order chi connectivity index (χ1) is 13.6. The fourth-order valence-electron chi connectivity index (χ4n) is 3.99. The van der Waals surface area contributed by atoms with E-state index in [1.165, 1.54) is 0 Å². The van der Waals surface area contributed by atoms with Crippen LogP contribution in [0.25, 0.3) is 27.6 Å². The van der Waals surface area contributed by atoms with Crippen LogP contribution in [0.4, 0.5) is 0 Å². The Morgan fingerprint density at radius 1 is 0.786 bits per heavy atom. The van der Waals surface area contributed by atoms with Gasteiger partial charge in [-0.05, 0) is 30.9 Å². The lowest BCUT2D eigenvalue weighted by Crippen LogP contribution is -2.09. The molecule has 0 fully saturated rings. The van der Waals surface area contributed by atoms with Crippen molar-refractivity contribution in [2.24, 2.45) is 0 Å². The van der Waals surface area contributed by atoms with Gasteiger partial charge in [-0.25, -0.2) is 14.3 Å². The molecule has 3 aromatic carbocycles. The predicted octanol–water partition coefficient (Wildman–Crippen LogP) is 4.62. The molecule has 28 heavy (non-hydrogen) atoms. The second-order valence-corrected chi connectivity index (χ2v) is 6.90. The minimum atomic E-state index is -0.634. The summed E-state index contributed by atoms with van der Waals surface area (Å²) in [7, 11) is 0. The van der Waals surface area contributed by atoms with Crippen molar-refractivity contribution in [3.8, 4) is 16.8 Å². The van der Waals surface area contributed by atoms with E-state index < -0.39 is 11.9 Å². The first-order valence-corrected chi connectivity index (χ1v) is 9.00. The van der Waals surface area contributed by atoms with Gasteiger partial charge < -0.3 is 4.74 Å². The molecule has 0 radical (unpaired) electrons. The van der Waals surface area contributed by atoms with Gasteiger partial charge in [0, 0.05) is 16.6 Å². The maximum Gasteiger partial charge on any atom is 0.349 e. The monoisotopic (exact) mass is 368 g/mol. The Morgan fingerprint density at radius 3 is 2.11 bits per heavy atom. The Kier molecular flexibility index (Phi) is 3.46. The fourth-order valence-corrected chi connectivity index (χ4v) is 3.99. The van der Waals surface area contributed by atoms with Crippen molar-refractivity contribution in [1.82, 2.24) is 9.78 Å². The second-order valence-electron chi connectivity index (χ2n) is 6.90. The van der Waals surface area contributed by atoms with Crippen LogP contribution in [0.15, 0.2) is 60.7 Å². The first-order valence-electron chi connectivity index (χ1n) is 9.00. The number of rotatable bonds is 2. The van der Waals surface area contributed by atoms with Crippen LogP contribution < -0.4 is 0 Å². The minimum absolute atomic E-state index is 0.272. The van der Waals surface area contributed by atoms with Gasteiger partial charge in [0.25, 0.3) is 0 Å². The highest BCUT2D eigenvalue weighted by Gasteiger charge is 2.38. The quantitative estimate of drug-likeness (QED) is 0.383. The third-order valence-electron chi connectivity index (χ3n) is 5.07. The highest BCUT2D eigenvalue weighted by molar-refractivity contribution is 6.25. The summed E-state index contributed by atoms with van der Waals surface area (Å²) in [6.07, 6.45) is 0. The molecular formula is C23H16N2O3.